The molecule has 21 heavy (non-hydrogen) atoms. The monoisotopic (exact) mass is 322 g/mol. The fourth-order valence-corrected chi connectivity index (χ4v) is 0.482. The van der Waals surface area contributed by atoms with Gasteiger partial charge in [0.1, 0.15) is 0 Å². The summed E-state index contributed by atoms with van der Waals surface area (Å²) in [5.41, 5.74) is -0.0470. The largest absolute Gasteiger partial charge is 0.453 e. The van der Waals surface area contributed by atoms with Crippen molar-refractivity contribution in [3.8, 4) is 0 Å². The predicted octanol–water partition coefficient (Wildman–Crippen LogP) is 2.95. The van der Waals surface area contributed by atoms with Crippen LogP contribution in [0.1, 0.15) is 6.92 Å². The first-order chi connectivity index (χ1) is 9.28. The van der Waals surface area contributed by atoms with Gasteiger partial charge in [0.25, 0.3) is 0 Å². The van der Waals surface area contributed by atoms with Gasteiger partial charge in [-0.15, -0.1) is 0 Å². The van der Waals surface area contributed by atoms with Crippen LogP contribution in [0.15, 0.2) is 24.8 Å². The molecular weight excluding hydrogens is 310 g/mol. The van der Waals surface area contributed by atoms with E-state index in [9.17, 15) is 35.9 Å². The summed E-state index contributed by atoms with van der Waals surface area (Å²) in [6.07, 6.45) is -8.25. The van der Waals surface area contributed by atoms with Crippen LogP contribution in [0.25, 0.3) is 0 Å². The molecule has 0 aliphatic rings. The molecule has 10 heteroatoms. The zero-order valence-corrected chi connectivity index (χ0v) is 10.8. The Kier molecular flexibility index (Phi) is 9.16. The molecule has 0 spiro atoms. The van der Waals surface area contributed by atoms with Crippen LogP contribution in [0.4, 0.5) is 26.3 Å². The summed E-state index contributed by atoms with van der Waals surface area (Å²) in [7, 11) is 0. The summed E-state index contributed by atoms with van der Waals surface area (Å²) in [5.74, 6) is -2.10. The van der Waals surface area contributed by atoms with Gasteiger partial charge >= 0.3 is 24.3 Å². The van der Waals surface area contributed by atoms with Gasteiger partial charge in [0.15, 0.2) is 13.2 Å². The zero-order chi connectivity index (χ0) is 17.3. The van der Waals surface area contributed by atoms with Crippen LogP contribution in [-0.2, 0) is 19.1 Å². The second-order valence-corrected chi connectivity index (χ2v) is 3.40. The highest BCUT2D eigenvalue weighted by atomic mass is 19.4. The Balaban J connectivity index is 0. The Hall–Kier alpha value is -2.00. The molecule has 0 aromatic rings. The fourth-order valence-electron chi connectivity index (χ4n) is 0.482. The van der Waals surface area contributed by atoms with Crippen LogP contribution in [-0.4, -0.2) is 37.5 Å². The van der Waals surface area contributed by atoms with E-state index in [0.717, 1.165) is 0 Å². The maximum atomic E-state index is 11.4. The Bertz CT molecular complexity index is 383. The van der Waals surface area contributed by atoms with Crippen molar-refractivity contribution < 1.29 is 45.4 Å². The lowest BCUT2D eigenvalue weighted by Crippen LogP contribution is -2.20. The van der Waals surface area contributed by atoms with E-state index in [-0.39, 0.29) is 5.57 Å². The topological polar surface area (TPSA) is 52.6 Å². The molecule has 122 valence electrons. The standard InChI is InChI=1S/C6H7F3O2.C5H5F3O2/c1-4(2)5(10)11-3-6(7,8)9;1-2-4(9)10-3-5(6,7)8/h1,3H2,2H3;2H,1,3H2. The molecule has 0 fully saturated rings. The Labute approximate surface area is 116 Å². The number of carbonyl (C=O) groups is 2. The van der Waals surface area contributed by atoms with Gasteiger partial charge in [0.2, 0.25) is 0 Å². The Morgan fingerprint density at radius 3 is 1.67 bits per heavy atom. The molecule has 0 amide bonds. The van der Waals surface area contributed by atoms with E-state index < -0.39 is 37.5 Å². The van der Waals surface area contributed by atoms with Crippen molar-refractivity contribution in [2.75, 3.05) is 13.2 Å². The maximum Gasteiger partial charge on any atom is 0.422 e. The number of halogens is 6. The SMILES string of the molecule is C=C(C)C(=O)OCC(F)(F)F.C=CC(=O)OCC(F)(F)F. The first-order valence-electron chi connectivity index (χ1n) is 5.04. The minimum Gasteiger partial charge on any atom is -0.453 e. The molecule has 0 saturated heterocycles. The van der Waals surface area contributed by atoms with Crippen LogP contribution < -0.4 is 0 Å². The van der Waals surface area contributed by atoms with Crippen molar-refractivity contribution in [2.24, 2.45) is 0 Å². The van der Waals surface area contributed by atoms with Crippen molar-refractivity contribution in [3.63, 3.8) is 0 Å². The number of hydrogen-bond acceptors (Lipinski definition) is 4. The van der Waals surface area contributed by atoms with Gasteiger partial charge in [-0.25, -0.2) is 9.59 Å². The predicted molar refractivity (Wildman–Crippen MR) is 59.0 cm³/mol. The number of carbonyl (C=O) groups excluding carboxylic acids is 2. The second-order valence-electron chi connectivity index (χ2n) is 3.40. The quantitative estimate of drug-likeness (QED) is 0.454. The summed E-state index contributed by atoms with van der Waals surface area (Å²) in [4.78, 5) is 20.4. The van der Waals surface area contributed by atoms with Gasteiger partial charge in [0.05, 0.1) is 0 Å². The molecule has 4 nitrogen and oxygen atoms in total. The Morgan fingerprint density at radius 2 is 1.38 bits per heavy atom. The third-order valence-electron chi connectivity index (χ3n) is 1.26. The molecule has 0 aromatic heterocycles. The lowest BCUT2D eigenvalue weighted by atomic mass is 10.4. The minimum atomic E-state index is -4.47. The number of alkyl halides is 6. The van der Waals surface area contributed by atoms with Gasteiger partial charge in [0, 0.05) is 11.6 Å². The highest BCUT2D eigenvalue weighted by molar-refractivity contribution is 5.86. The zero-order valence-electron chi connectivity index (χ0n) is 10.8. The van der Waals surface area contributed by atoms with Crippen LogP contribution in [0.3, 0.4) is 0 Å². The molecule has 0 aromatic carbocycles. The summed E-state index contributed by atoms with van der Waals surface area (Å²) >= 11 is 0. The van der Waals surface area contributed by atoms with Gasteiger partial charge in [-0.05, 0) is 6.92 Å². The van der Waals surface area contributed by atoms with Gasteiger partial charge in [-0.3, -0.25) is 0 Å². The second kappa shape index (κ2) is 9.03. The Morgan fingerprint density at radius 1 is 1.00 bits per heavy atom. The van der Waals surface area contributed by atoms with Gasteiger partial charge in [-0.1, -0.05) is 13.2 Å². The third-order valence-corrected chi connectivity index (χ3v) is 1.26. The summed E-state index contributed by atoms with van der Waals surface area (Å²) in [6, 6.07) is 0. The van der Waals surface area contributed by atoms with E-state index in [1.807, 2.05) is 0 Å². The van der Waals surface area contributed by atoms with E-state index in [2.05, 4.69) is 22.6 Å². The lowest BCUT2D eigenvalue weighted by Gasteiger charge is -2.06. The average molecular weight is 322 g/mol. The van der Waals surface area contributed by atoms with E-state index in [1.54, 1.807) is 0 Å². The minimum absolute atomic E-state index is 0.0470. The van der Waals surface area contributed by atoms with E-state index >= 15 is 0 Å². The molecular formula is C11H12F6O4. The number of ether oxygens (including phenoxy) is 2. The number of rotatable bonds is 4. The van der Waals surface area contributed by atoms with Crippen LogP contribution in [0.2, 0.25) is 0 Å². The first kappa shape index (κ1) is 21.3. The highest BCUT2D eigenvalue weighted by Crippen LogP contribution is 2.15. The molecule has 0 aliphatic carbocycles. The smallest absolute Gasteiger partial charge is 0.422 e. The van der Waals surface area contributed by atoms with E-state index in [1.165, 1.54) is 6.92 Å². The normalized spacial score (nSPS) is 10.8. The summed E-state index contributed by atoms with van der Waals surface area (Å²) < 4.78 is 75.3. The van der Waals surface area contributed by atoms with Crippen LogP contribution in [0.5, 0.6) is 0 Å². The molecule has 0 saturated carbocycles. The van der Waals surface area contributed by atoms with Gasteiger partial charge < -0.3 is 9.47 Å². The molecule has 0 atom stereocenters. The number of hydrogen-bond donors (Lipinski definition) is 0. The van der Waals surface area contributed by atoms with E-state index in [4.69, 9.17) is 0 Å². The maximum absolute atomic E-state index is 11.4. The summed E-state index contributed by atoms with van der Waals surface area (Å²) in [6.45, 7) is 4.20. The third kappa shape index (κ3) is 18.0. The average Bonchev–Trinajstić information content (AvgIpc) is 2.31. The fraction of sp³-hybridized carbons (Fsp3) is 0.455. The van der Waals surface area contributed by atoms with Crippen molar-refractivity contribution in [3.05, 3.63) is 24.8 Å². The highest BCUT2D eigenvalue weighted by Gasteiger charge is 2.29. The van der Waals surface area contributed by atoms with E-state index in [0.29, 0.717) is 6.08 Å². The van der Waals surface area contributed by atoms with Crippen molar-refractivity contribution >= 4 is 11.9 Å². The molecule has 0 rings (SSSR count). The first-order valence-corrected chi connectivity index (χ1v) is 5.04. The van der Waals surface area contributed by atoms with Crippen molar-refractivity contribution in [2.45, 2.75) is 19.3 Å². The molecule has 0 aliphatic heterocycles. The van der Waals surface area contributed by atoms with Crippen molar-refractivity contribution in [1.82, 2.24) is 0 Å². The number of esters is 2. The molecule has 0 radical (unpaired) electrons. The summed E-state index contributed by atoms with van der Waals surface area (Å²) in [5, 5.41) is 0. The van der Waals surface area contributed by atoms with Gasteiger partial charge in [-0.2, -0.15) is 26.3 Å². The van der Waals surface area contributed by atoms with Crippen LogP contribution >= 0.6 is 0 Å². The molecule has 0 bridgehead atoms. The molecule has 0 unspecified atom stereocenters. The molecule has 0 N–H and O–H groups in total. The van der Waals surface area contributed by atoms with Crippen molar-refractivity contribution in [1.29, 1.82) is 0 Å². The van der Waals surface area contributed by atoms with Crippen LogP contribution in [0, 0.1) is 0 Å². The lowest BCUT2D eigenvalue weighted by molar-refractivity contribution is -0.183. The molecule has 0 heterocycles.